The van der Waals surface area contributed by atoms with Gasteiger partial charge in [0.15, 0.2) is 4.96 Å². The topological polar surface area (TPSA) is 76.0 Å². The number of hydrogen-bond acceptors (Lipinski definition) is 6. The fraction of sp³-hybridized carbons (Fsp3) is 0.542. The highest BCUT2D eigenvalue weighted by Crippen LogP contribution is 2.58. The summed E-state index contributed by atoms with van der Waals surface area (Å²) in [5.74, 6) is 2.26. The zero-order chi connectivity index (χ0) is 21.0. The summed E-state index contributed by atoms with van der Waals surface area (Å²) in [6, 6.07) is 6.67. The predicted molar refractivity (Wildman–Crippen MR) is 121 cm³/mol. The third-order valence-electron chi connectivity index (χ3n) is 8.50. The fourth-order valence-electron chi connectivity index (χ4n) is 6.78. The lowest BCUT2D eigenvalue weighted by molar-refractivity contribution is -0.151. The lowest BCUT2D eigenvalue weighted by atomic mass is 9.50. The molecule has 3 aromatic rings. The minimum Gasteiger partial charge on any atom is -0.497 e. The highest BCUT2D eigenvalue weighted by Gasteiger charge is 2.65. The number of methoxy groups -OCH3 is 1. The highest BCUT2D eigenvalue weighted by molar-refractivity contribution is 7.17. The molecule has 3 N–H and O–H groups in total. The molecule has 31 heavy (non-hydrogen) atoms. The second kappa shape index (κ2) is 6.03. The Kier molecular flexibility index (Phi) is 3.59. The first-order valence-corrected chi connectivity index (χ1v) is 12.2. The Hall–Kier alpha value is -2.09. The van der Waals surface area contributed by atoms with Crippen molar-refractivity contribution >= 4 is 22.1 Å². The lowest BCUT2D eigenvalue weighted by Gasteiger charge is -2.63. The number of likely N-dealkylation sites (tertiary alicyclic amines) is 1. The quantitative estimate of drug-likeness (QED) is 0.660. The number of nitrogens with two attached hydrogens (primary N) is 1. The summed E-state index contributed by atoms with van der Waals surface area (Å²) in [4.78, 5) is 9.35. The minimum absolute atomic E-state index is 0.162. The second-order valence-corrected chi connectivity index (χ2v) is 11.1. The van der Waals surface area contributed by atoms with Gasteiger partial charge in [-0.25, -0.2) is 4.98 Å². The number of aromatic nitrogens is 2. The maximum absolute atomic E-state index is 12.6. The smallest absolute Gasteiger partial charge is 0.196 e. The van der Waals surface area contributed by atoms with Crippen LogP contribution in [-0.2, 0) is 24.7 Å². The Labute approximate surface area is 185 Å². The van der Waals surface area contributed by atoms with Gasteiger partial charge in [-0.05, 0) is 61.4 Å². The van der Waals surface area contributed by atoms with Crippen LogP contribution in [0.15, 0.2) is 24.4 Å². The number of nitrogen functional groups attached to an aromatic ring is 1. The van der Waals surface area contributed by atoms with E-state index in [1.165, 1.54) is 34.5 Å². The van der Waals surface area contributed by atoms with E-state index in [0.29, 0.717) is 12.2 Å². The van der Waals surface area contributed by atoms with Crippen LogP contribution in [-0.4, -0.2) is 51.2 Å². The van der Waals surface area contributed by atoms with Crippen molar-refractivity contribution in [1.82, 2.24) is 14.3 Å². The number of anilines is 1. The number of imidazole rings is 1. The maximum atomic E-state index is 12.6. The first-order valence-electron chi connectivity index (χ1n) is 11.4. The van der Waals surface area contributed by atoms with Crippen LogP contribution in [0.4, 0.5) is 5.82 Å². The first kappa shape index (κ1) is 18.5. The third-order valence-corrected chi connectivity index (χ3v) is 9.60. The summed E-state index contributed by atoms with van der Waals surface area (Å²) in [5, 5.41) is 12.6. The van der Waals surface area contributed by atoms with E-state index in [1.807, 2.05) is 6.20 Å². The summed E-state index contributed by atoms with van der Waals surface area (Å²) in [6.07, 6.45) is 8.02. The summed E-state index contributed by atoms with van der Waals surface area (Å²) < 4.78 is 7.79. The van der Waals surface area contributed by atoms with Crippen molar-refractivity contribution in [3.63, 3.8) is 0 Å². The Morgan fingerprint density at radius 3 is 3.00 bits per heavy atom. The number of aliphatic hydroxyl groups is 1. The van der Waals surface area contributed by atoms with Gasteiger partial charge in [0.05, 0.1) is 18.9 Å². The first-order chi connectivity index (χ1) is 15.0. The summed E-state index contributed by atoms with van der Waals surface area (Å²) in [6.45, 7) is 2.18. The summed E-state index contributed by atoms with van der Waals surface area (Å²) in [7, 11) is 1.73. The minimum atomic E-state index is -0.777. The Morgan fingerprint density at radius 1 is 1.32 bits per heavy atom. The van der Waals surface area contributed by atoms with Crippen LogP contribution in [0.3, 0.4) is 0 Å². The summed E-state index contributed by atoms with van der Waals surface area (Å²) in [5.41, 5.74) is 8.86. The van der Waals surface area contributed by atoms with E-state index in [9.17, 15) is 5.11 Å². The molecule has 0 radical (unpaired) electrons. The molecule has 162 valence electrons. The molecule has 2 bridgehead atoms. The van der Waals surface area contributed by atoms with E-state index in [1.54, 1.807) is 18.4 Å². The van der Waals surface area contributed by atoms with Crippen LogP contribution in [0.5, 0.6) is 5.75 Å². The van der Waals surface area contributed by atoms with Crippen LogP contribution in [0, 0.1) is 5.92 Å². The molecule has 0 spiro atoms. The van der Waals surface area contributed by atoms with Crippen LogP contribution in [0.25, 0.3) is 4.96 Å². The van der Waals surface area contributed by atoms with Gasteiger partial charge < -0.3 is 15.6 Å². The molecular formula is C24H28N4O2S. The highest BCUT2D eigenvalue weighted by atomic mass is 32.1. The van der Waals surface area contributed by atoms with Gasteiger partial charge >= 0.3 is 0 Å². The number of fused-ring (bicyclic) bond motifs is 4. The standard InChI is InChI=1S/C24H28N4O2S/c1-30-16-5-4-15-8-20-24(29)11-19-18(28-13-21(25)26-22(28)31-19)10-23(24,17(15)9-16)6-7-27(20)12-14-2-3-14/h4-5,9,13-14,20,29H,2-3,6-8,10-12,25H2,1H3/t20-,23-,24-/m1/s1. The number of thiazole rings is 1. The molecule has 1 aliphatic heterocycles. The molecule has 0 unspecified atom stereocenters. The molecule has 4 aliphatic rings. The van der Waals surface area contributed by atoms with Gasteiger partial charge in [0.1, 0.15) is 11.6 Å². The van der Waals surface area contributed by atoms with Gasteiger partial charge in [-0.1, -0.05) is 6.07 Å². The number of nitrogens with zero attached hydrogens (tertiary/aromatic N) is 3. The number of ether oxygens (including phenoxy) is 1. The molecule has 0 amide bonds. The van der Waals surface area contributed by atoms with Crippen molar-refractivity contribution in [2.45, 2.75) is 55.6 Å². The molecule has 3 heterocycles. The zero-order valence-corrected chi connectivity index (χ0v) is 18.6. The van der Waals surface area contributed by atoms with Gasteiger partial charge in [-0.2, -0.15) is 0 Å². The third kappa shape index (κ3) is 2.37. The molecule has 3 atom stereocenters. The zero-order valence-electron chi connectivity index (χ0n) is 17.8. The summed E-state index contributed by atoms with van der Waals surface area (Å²) >= 11 is 1.70. The molecule has 1 aromatic carbocycles. The molecule has 2 aromatic heterocycles. The molecule has 1 saturated heterocycles. The number of benzene rings is 1. The molecule has 6 nitrogen and oxygen atoms in total. The van der Waals surface area contributed by atoms with Crippen molar-refractivity contribution in [2.24, 2.45) is 5.92 Å². The van der Waals surface area contributed by atoms with E-state index >= 15 is 0 Å². The van der Waals surface area contributed by atoms with Gasteiger partial charge in [-0.15, -0.1) is 11.3 Å². The average Bonchev–Trinajstić information content (AvgIpc) is 3.42. The van der Waals surface area contributed by atoms with Crippen molar-refractivity contribution in [3.8, 4) is 5.75 Å². The molecule has 1 saturated carbocycles. The van der Waals surface area contributed by atoms with E-state index in [4.69, 9.17) is 10.5 Å². The van der Waals surface area contributed by atoms with Gasteiger partial charge in [0, 0.05) is 41.4 Å². The largest absolute Gasteiger partial charge is 0.497 e. The monoisotopic (exact) mass is 436 g/mol. The maximum Gasteiger partial charge on any atom is 0.196 e. The number of hydrogen-bond donors (Lipinski definition) is 2. The van der Waals surface area contributed by atoms with Crippen molar-refractivity contribution < 1.29 is 9.84 Å². The molecule has 3 aliphatic carbocycles. The van der Waals surface area contributed by atoms with E-state index in [2.05, 4.69) is 32.5 Å². The van der Waals surface area contributed by atoms with E-state index < -0.39 is 5.60 Å². The van der Waals surface area contributed by atoms with E-state index in [0.717, 1.165) is 49.0 Å². The molecule has 2 fully saturated rings. The fourth-order valence-corrected chi connectivity index (χ4v) is 8.00. The van der Waals surface area contributed by atoms with Crippen LogP contribution >= 0.6 is 11.3 Å². The number of piperidine rings is 1. The average molecular weight is 437 g/mol. The van der Waals surface area contributed by atoms with E-state index in [-0.39, 0.29) is 11.5 Å². The molecule has 7 heteroatoms. The Bertz CT molecular complexity index is 1210. The van der Waals surface area contributed by atoms with Gasteiger partial charge in [-0.3, -0.25) is 9.30 Å². The SMILES string of the molecule is COc1ccc2c(c1)[C@]13CCN(CC4CC4)[C@H](C2)[C@]1(O)Cc1sc2nc(N)cn2c1C3. The Morgan fingerprint density at radius 2 is 2.19 bits per heavy atom. The predicted octanol–water partition coefficient (Wildman–Crippen LogP) is 2.79. The molecular weight excluding hydrogens is 408 g/mol. The lowest BCUT2D eigenvalue weighted by Crippen LogP contribution is -2.74. The molecule has 7 rings (SSSR count). The Balaban J connectivity index is 1.44. The van der Waals surface area contributed by atoms with Gasteiger partial charge in [0.2, 0.25) is 0 Å². The normalized spacial score (nSPS) is 31.9. The number of rotatable bonds is 3. The van der Waals surface area contributed by atoms with Crippen LogP contribution in [0.2, 0.25) is 0 Å². The van der Waals surface area contributed by atoms with Gasteiger partial charge in [0.25, 0.3) is 0 Å². The second-order valence-electron chi connectivity index (χ2n) is 10.1. The van der Waals surface area contributed by atoms with Crippen molar-refractivity contribution in [1.29, 1.82) is 0 Å². The van der Waals surface area contributed by atoms with Crippen molar-refractivity contribution in [3.05, 3.63) is 46.1 Å². The van der Waals surface area contributed by atoms with Crippen LogP contribution in [0.1, 0.15) is 41.0 Å². The van der Waals surface area contributed by atoms with Crippen molar-refractivity contribution in [2.75, 3.05) is 25.9 Å². The van der Waals surface area contributed by atoms with Crippen LogP contribution < -0.4 is 10.5 Å².